The first-order valence-corrected chi connectivity index (χ1v) is 9.03. The fourth-order valence-corrected chi connectivity index (χ4v) is 3.26. The van der Waals surface area contributed by atoms with Crippen molar-refractivity contribution in [1.82, 2.24) is 9.80 Å². The van der Waals surface area contributed by atoms with Gasteiger partial charge in [0.25, 0.3) is 5.91 Å². The summed E-state index contributed by atoms with van der Waals surface area (Å²) in [4.78, 5) is 16.7. The second kappa shape index (κ2) is 7.76. The van der Waals surface area contributed by atoms with Crippen molar-refractivity contribution in [1.29, 1.82) is 0 Å². The van der Waals surface area contributed by atoms with Crippen molar-refractivity contribution >= 4 is 5.91 Å². The zero-order valence-electron chi connectivity index (χ0n) is 15.4. The van der Waals surface area contributed by atoms with E-state index in [1.54, 1.807) is 4.90 Å². The Bertz CT molecular complexity index is 791. The van der Waals surface area contributed by atoms with Crippen LogP contribution in [-0.2, 0) is 6.18 Å². The summed E-state index contributed by atoms with van der Waals surface area (Å²) in [6.45, 7) is 8.18. The van der Waals surface area contributed by atoms with Crippen LogP contribution in [-0.4, -0.2) is 48.4 Å². The average molecular weight is 380 g/mol. The van der Waals surface area contributed by atoms with Crippen molar-refractivity contribution < 1.29 is 22.4 Å². The molecule has 7 heteroatoms. The second-order valence-corrected chi connectivity index (χ2v) is 7.23. The first kappa shape index (κ1) is 19.5. The highest BCUT2D eigenvalue weighted by atomic mass is 19.4. The minimum Gasteiger partial charge on any atom is -0.451 e. The molecule has 0 aliphatic carbocycles. The highest BCUT2D eigenvalue weighted by Gasteiger charge is 2.31. The second-order valence-electron chi connectivity index (χ2n) is 7.23. The van der Waals surface area contributed by atoms with Gasteiger partial charge in [0.2, 0.25) is 0 Å². The Balaban J connectivity index is 1.68. The molecule has 0 unspecified atom stereocenters. The molecular formula is C20H23F3N2O2. The van der Waals surface area contributed by atoms with E-state index < -0.39 is 11.7 Å². The van der Waals surface area contributed by atoms with Crippen LogP contribution in [0.3, 0.4) is 0 Å². The largest absolute Gasteiger partial charge is 0.451 e. The van der Waals surface area contributed by atoms with Crippen molar-refractivity contribution in [3.8, 4) is 11.3 Å². The van der Waals surface area contributed by atoms with Gasteiger partial charge in [-0.25, -0.2) is 0 Å². The number of amides is 1. The maximum Gasteiger partial charge on any atom is 0.416 e. The van der Waals surface area contributed by atoms with E-state index in [0.29, 0.717) is 24.6 Å². The van der Waals surface area contributed by atoms with Crippen molar-refractivity contribution in [3.63, 3.8) is 0 Å². The van der Waals surface area contributed by atoms with Gasteiger partial charge in [-0.15, -0.1) is 0 Å². The summed E-state index contributed by atoms with van der Waals surface area (Å²) in [5, 5.41) is 0. The molecule has 1 aliphatic rings. The van der Waals surface area contributed by atoms with Gasteiger partial charge in [-0.3, -0.25) is 9.69 Å². The molecule has 1 fully saturated rings. The molecule has 0 atom stereocenters. The molecule has 0 N–H and O–H groups in total. The summed E-state index contributed by atoms with van der Waals surface area (Å²) in [6.07, 6.45) is -4.42. The fourth-order valence-electron chi connectivity index (χ4n) is 3.26. The number of carbonyl (C=O) groups excluding carboxylic acids is 1. The lowest BCUT2D eigenvalue weighted by atomic mass is 10.1. The molecule has 0 radical (unpaired) electrons. The molecule has 1 amide bonds. The van der Waals surface area contributed by atoms with Gasteiger partial charge in [-0.1, -0.05) is 26.0 Å². The SMILES string of the molecule is CC(C)CN1CCN(C(=O)c2ccc(-c3cccc(C(F)(F)F)c3)o2)CC1. The van der Waals surface area contributed by atoms with E-state index >= 15 is 0 Å². The van der Waals surface area contributed by atoms with Crippen LogP contribution in [0.5, 0.6) is 0 Å². The van der Waals surface area contributed by atoms with Crippen LogP contribution in [0.1, 0.15) is 30.0 Å². The molecule has 0 saturated carbocycles. The van der Waals surface area contributed by atoms with E-state index in [0.717, 1.165) is 31.8 Å². The molecule has 3 rings (SSSR count). The van der Waals surface area contributed by atoms with E-state index in [1.165, 1.54) is 24.3 Å². The fraction of sp³-hybridized carbons (Fsp3) is 0.450. The first-order valence-electron chi connectivity index (χ1n) is 9.03. The van der Waals surface area contributed by atoms with Gasteiger partial charge < -0.3 is 9.32 Å². The first-order chi connectivity index (χ1) is 12.7. The Hall–Kier alpha value is -2.28. The summed E-state index contributed by atoms with van der Waals surface area (Å²) < 4.78 is 44.2. The van der Waals surface area contributed by atoms with Crippen LogP contribution in [0.2, 0.25) is 0 Å². The molecule has 1 aliphatic heterocycles. The molecule has 2 heterocycles. The summed E-state index contributed by atoms with van der Waals surface area (Å²) in [5.74, 6) is 0.757. The van der Waals surface area contributed by atoms with Gasteiger partial charge in [0.05, 0.1) is 5.56 Å². The summed E-state index contributed by atoms with van der Waals surface area (Å²) >= 11 is 0. The lowest BCUT2D eigenvalue weighted by Gasteiger charge is -2.35. The van der Waals surface area contributed by atoms with Gasteiger partial charge >= 0.3 is 6.18 Å². The number of carbonyl (C=O) groups is 1. The zero-order chi connectivity index (χ0) is 19.6. The van der Waals surface area contributed by atoms with Gasteiger partial charge in [-0.05, 0) is 30.2 Å². The zero-order valence-corrected chi connectivity index (χ0v) is 15.4. The quantitative estimate of drug-likeness (QED) is 0.790. The third kappa shape index (κ3) is 4.71. The molecule has 27 heavy (non-hydrogen) atoms. The molecule has 1 aromatic carbocycles. The smallest absolute Gasteiger partial charge is 0.416 e. The van der Waals surface area contributed by atoms with Crippen LogP contribution < -0.4 is 0 Å². The maximum atomic E-state index is 12.9. The minimum atomic E-state index is -4.42. The molecule has 4 nitrogen and oxygen atoms in total. The highest BCUT2D eigenvalue weighted by molar-refractivity contribution is 5.92. The Labute approximate surface area is 156 Å². The predicted molar refractivity (Wildman–Crippen MR) is 96.3 cm³/mol. The Morgan fingerprint density at radius 3 is 2.44 bits per heavy atom. The standard InChI is InChI=1S/C20H23F3N2O2/c1-14(2)13-24-8-10-25(11-9-24)19(26)18-7-6-17(27-18)15-4-3-5-16(12-15)20(21,22)23/h3-7,12,14H,8-11,13H2,1-2H3. The van der Waals surface area contributed by atoms with Crippen molar-refractivity contribution in [2.45, 2.75) is 20.0 Å². The Morgan fingerprint density at radius 1 is 1.11 bits per heavy atom. The van der Waals surface area contributed by atoms with E-state index in [-0.39, 0.29) is 17.4 Å². The van der Waals surface area contributed by atoms with Gasteiger partial charge in [0.1, 0.15) is 5.76 Å². The summed E-state index contributed by atoms with van der Waals surface area (Å²) in [6, 6.07) is 7.96. The van der Waals surface area contributed by atoms with E-state index in [4.69, 9.17) is 4.42 Å². The maximum absolute atomic E-state index is 12.9. The third-order valence-corrected chi connectivity index (χ3v) is 4.57. The van der Waals surface area contributed by atoms with Crippen molar-refractivity contribution in [3.05, 3.63) is 47.7 Å². The summed E-state index contributed by atoms with van der Waals surface area (Å²) in [5.41, 5.74) is -0.448. The average Bonchev–Trinajstić information content (AvgIpc) is 3.11. The van der Waals surface area contributed by atoms with Crippen LogP contribution in [0, 0.1) is 5.92 Å². The van der Waals surface area contributed by atoms with Crippen LogP contribution in [0.4, 0.5) is 13.2 Å². The molecule has 2 aromatic rings. The van der Waals surface area contributed by atoms with Crippen LogP contribution >= 0.6 is 0 Å². The number of piperazine rings is 1. The number of hydrogen-bond donors (Lipinski definition) is 0. The monoisotopic (exact) mass is 380 g/mol. The molecule has 0 bridgehead atoms. The number of benzene rings is 1. The lowest BCUT2D eigenvalue weighted by Crippen LogP contribution is -2.49. The van der Waals surface area contributed by atoms with Gasteiger partial charge in [0.15, 0.2) is 5.76 Å². The number of furan rings is 1. The molecule has 1 aromatic heterocycles. The lowest BCUT2D eigenvalue weighted by molar-refractivity contribution is -0.137. The minimum absolute atomic E-state index is 0.153. The van der Waals surface area contributed by atoms with Crippen molar-refractivity contribution in [2.75, 3.05) is 32.7 Å². The summed E-state index contributed by atoms with van der Waals surface area (Å²) in [7, 11) is 0. The number of alkyl halides is 3. The topological polar surface area (TPSA) is 36.7 Å². The Morgan fingerprint density at radius 2 is 1.81 bits per heavy atom. The number of halogens is 3. The highest BCUT2D eigenvalue weighted by Crippen LogP contribution is 2.32. The predicted octanol–water partition coefficient (Wildman–Crippen LogP) is 4.38. The van der Waals surface area contributed by atoms with Crippen LogP contribution in [0.25, 0.3) is 11.3 Å². The number of rotatable bonds is 4. The number of nitrogens with zero attached hydrogens (tertiary/aromatic N) is 2. The van der Waals surface area contributed by atoms with Crippen LogP contribution in [0.15, 0.2) is 40.8 Å². The van der Waals surface area contributed by atoms with Gasteiger partial charge in [-0.2, -0.15) is 13.2 Å². The number of hydrogen-bond acceptors (Lipinski definition) is 3. The van der Waals surface area contributed by atoms with Gasteiger partial charge in [0, 0.05) is 38.3 Å². The third-order valence-electron chi connectivity index (χ3n) is 4.57. The van der Waals surface area contributed by atoms with Crippen molar-refractivity contribution in [2.24, 2.45) is 5.92 Å². The molecule has 0 spiro atoms. The normalized spacial score (nSPS) is 16.1. The van der Waals surface area contributed by atoms with E-state index in [9.17, 15) is 18.0 Å². The molecular weight excluding hydrogens is 357 g/mol. The Kier molecular flexibility index (Phi) is 5.60. The molecule has 146 valence electrons. The van der Waals surface area contributed by atoms with E-state index in [2.05, 4.69) is 18.7 Å². The van der Waals surface area contributed by atoms with E-state index in [1.807, 2.05) is 0 Å². The molecule has 1 saturated heterocycles.